The first-order valence-corrected chi connectivity index (χ1v) is 6.99. The van der Waals surface area contributed by atoms with Gasteiger partial charge in [0.25, 0.3) is 5.56 Å². The topological polar surface area (TPSA) is 54.3 Å². The van der Waals surface area contributed by atoms with Crippen molar-refractivity contribution in [1.82, 2.24) is 14.8 Å². The van der Waals surface area contributed by atoms with Crippen molar-refractivity contribution < 1.29 is 4.79 Å². The summed E-state index contributed by atoms with van der Waals surface area (Å²) in [7, 11) is 3.90. The second-order valence-electron chi connectivity index (χ2n) is 5.42. The van der Waals surface area contributed by atoms with Crippen LogP contribution in [0.15, 0.2) is 35.1 Å². The molecule has 0 radical (unpaired) electrons. The molecule has 0 fully saturated rings. The molecule has 1 amide bonds. The van der Waals surface area contributed by atoms with E-state index in [-0.39, 0.29) is 18.0 Å². The van der Waals surface area contributed by atoms with Crippen molar-refractivity contribution in [3.8, 4) is 0 Å². The van der Waals surface area contributed by atoms with Gasteiger partial charge in [-0.1, -0.05) is 18.2 Å². The average molecular weight is 287 g/mol. The lowest BCUT2D eigenvalue weighted by atomic mass is 10.1. The number of benzene rings is 1. The summed E-state index contributed by atoms with van der Waals surface area (Å²) in [5.74, 6) is -0.141. The Morgan fingerprint density at radius 1 is 1.29 bits per heavy atom. The zero-order valence-corrected chi connectivity index (χ0v) is 12.7. The normalized spacial score (nSPS) is 11.0. The summed E-state index contributed by atoms with van der Waals surface area (Å²) in [4.78, 5) is 26.4. The quantitative estimate of drug-likeness (QED) is 0.892. The van der Waals surface area contributed by atoms with Crippen LogP contribution < -0.4 is 10.9 Å². The van der Waals surface area contributed by atoms with Crippen LogP contribution in [0.2, 0.25) is 0 Å². The molecule has 0 atom stereocenters. The predicted octanol–water partition coefficient (Wildman–Crippen LogP) is 0.988. The van der Waals surface area contributed by atoms with E-state index in [0.29, 0.717) is 11.9 Å². The molecule has 1 N–H and O–H groups in total. The zero-order valence-electron chi connectivity index (χ0n) is 12.7. The molecule has 1 heterocycles. The molecule has 2 rings (SSSR count). The van der Waals surface area contributed by atoms with Gasteiger partial charge in [0.05, 0.1) is 0 Å². The lowest BCUT2D eigenvalue weighted by molar-refractivity contribution is -0.121. The van der Waals surface area contributed by atoms with Crippen molar-refractivity contribution in [2.75, 3.05) is 27.2 Å². The van der Waals surface area contributed by atoms with Gasteiger partial charge < -0.3 is 14.8 Å². The molecule has 0 bridgehead atoms. The molecule has 0 spiro atoms. The number of carbonyl (C=O) groups is 1. The predicted molar refractivity (Wildman–Crippen MR) is 84.5 cm³/mol. The summed E-state index contributed by atoms with van der Waals surface area (Å²) in [6, 6.07) is 9.37. The van der Waals surface area contributed by atoms with Gasteiger partial charge in [0.15, 0.2) is 0 Å². The van der Waals surface area contributed by atoms with Crippen molar-refractivity contribution in [2.45, 2.75) is 13.5 Å². The Morgan fingerprint density at radius 3 is 2.71 bits per heavy atom. The maximum absolute atomic E-state index is 12.4. The Labute approximate surface area is 124 Å². The number of amides is 1. The Kier molecular flexibility index (Phi) is 4.75. The second-order valence-corrected chi connectivity index (χ2v) is 5.42. The number of hydrogen-bond acceptors (Lipinski definition) is 3. The van der Waals surface area contributed by atoms with E-state index in [2.05, 4.69) is 5.32 Å². The number of aryl methyl sites for hydroxylation is 1. The lowest BCUT2D eigenvalue weighted by Crippen LogP contribution is -2.36. The fourth-order valence-corrected chi connectivity index (χ4v) is 2.24. The molecule has 0 aliphatic heterocycles. The Hall–Kier alpha value is -2.14. The first kappa shape index (κ1) is 15.3. The van der Waals surface area contributed by atoms with Crippen molar-refractivity contribution in [3.05, 3.63) is 46.4 Å². The van der Waals surface area contributed by atoms with E-state index in [9.17, 15) is 9.59 Å². The second kappa shape index (κ2) is 6.54. The summed E-state index contributed by atoms with van der Waals surface area (Å²) in [6.45, 7) is 3.26. The van der Waals surface area contributed by atoms with E-state index in [1.807, 2.05) is 50.2 Å². The first-order valence-electron chi connectivity index (χ1n) is 6.99. The lowest BCUT2D eigenvalue weighted by Gasteiger charge is -2.13. The number of nitrogens with zero attached hydrogens (tertiary/aromatic N) is 2. The van der Waals surface area contributed by atoms with Gasteiger partial charge in [0.1, 0.15) is 6.54 Å². The van der Waals surface area contributed by atoms with Crippen molar-refractivity contribution in [1.29, 1.82) is 0 Å². The molecule has 0 unspecified atom stereocenters. The van der Waals surface area contributed by atoms with Gasteiger partial charge in [-0.05, 0) is 38.5 Å². The summed E-state index contributed by atoms with van der Waals surface area (Å²) < 4.78 is 1.52. The molecular formula is C16H21N3O2. The van der Waals surface area contributed by atoms with Gasteiger partial charge in [-0.3, -0.25) is 9.59 Å². The highest BCUT2D eigenvalue weighted by Gasteiger charge is 2.09. The van der Waals surface area contributed by atoms with Gasteiger partial charge in [-0.25, -0.2) is 0 Å². The van der Waals surface area contributed by atoms with Crippen LogP contribution in [0.1, 0.15) is 5.69 Å². The van der Waals surface area contributed by atoms with E-state index < -0.39 is 0 Å². The van der Waals surface area contributed by atoms with Gasteiger partial charge in [-0.2, -0.15) is 0 Å². The number of rotatable bonds is 5. The molecular weight excluding hydrogens is 266 g/mol. The average Bonchev–Trinajstić information content (AvgIpc) is 2.43. The molecule has 112 valence electrons. The standard InChI is InChI=1S/C16H21N3O2/c1-12-10-13-6-4-5-7-14(13)16(21)19(12)11-15(20)17-8-9-18(2)3/h4-7,10H,8-9,11H2,1-3H3,(H,17,20). The molecule has 0 aliphatic rings. The monoisotopic (exact) mass is 287 g/mol. The largest absolute Gasteiger partial charge is 0.353 e. The zero-order chi connectivity index (χ0) is 15.4. The summed E-state index contributed by atoms with van der Waals surface area (Å²) in [5, 5.41) is 4.37. The minimum atomic E-state index is -0.141. The Balaban J connectivity index is 2.18. The fraction of sp³-hybridized carbons (Fsp3) is 0.375. The van der Waals surface area contributed by atoms with Crippen LogP contribution in [0, 0.1) is 6.92 Å². The molecule has 0 saturated carbocycles. The van der Waals surface area contributed by atoms with Gasteiger partial charge in [-0.15, -0.1) is 0 Å². The van der Waals surface area contributed by atoms with E-state index in [1.165, 1.54) is 4.57 Å². The van der Waals surface area contributed by atoms with E-state index in [0.717, 1.165) is 17.6 Å². The summed E-state index contributed by atoms with van der Waals surface area (Å²) in [6.07, 6.45) is 0. The van der Waals surface area contributed by atoms with Crippen LogP contribution >= 0.6 is 0 Å². The van der Waals surface area contributed by atoms with Crippen LogP contribution in [0.25, 0.3) is 10.8 Å². The minimum Gasteiger partial charge on any atom is -0.353 e. The number of pyridine rings is 1. The Morgan fingerprint density at radius 2 is 2.00 bits per heavy atom. The number of fused-ring (bicyclic) bond motifs is 1. The smallest absolute Gasteiger partial charge is 0.259 e. The third-order valence-corrected chi connectivity index (χ3v) is 3.41. The fourth-order valence-electron chi connectivity index (χ4n) is 2.24. The Bertz CT molecular complexity index is 704. The highest BCUT2D eigenvalue weighted by molar-refractivity contribution is 5.82. The van der Waals surface area contributed by atoms with Crippen LogP contribution in [-0.4, -0.2) is 42.6 Å². The molecule has 0 saturated heterocycles. The third kappa shape index (κ3) is 3.70. The van der Waals surface area contributed by atoms with Crippen LogP contribution in [0.5, 0.6) is 0 Å². The van der Waals surface area contributed by atoms with Crippen LogP contribution in [-0.2, 0) is 11.3 Å². The van der Waals surface area contributed by atoms with Crippen molar-refractivity contribution in [2.24, 2.45) is 0 Å². The van der Waals surface area contributed by atoms with Crippen LogP contribution in [0.4, 0.5) is 0 Å². The summed E-state index contributed by atoms with van der Waals surface area (Å²) >= 11 is 0. The van der Waals surface area contributed by atoms with Gasteiger partial charge in [0, 0.05) is 24.2 Å². The molecule has 21 heavy (non-hydrogen) atoms. The number of hydrogen-bond donors (Lipinski definition) is 1. The molecule has 2 aromatic rings. The van der Waals surface area contributed by atoms with E-state index in [1.54, 1.807) is 6.07 Å². The molecule has 1 aromatic carbocycles. The number of nitrogens with one attached hydrogen (secondary N) is 1. The highest BCUT2D eigenvalue weighted by atomic mass is 16.2. The third-order valence-electron chi connectivity index (χ3n) is 3.41. The summed E-state index contributed by atoms with van der Waals surface area (Å²) in [5.41, 5.74) is 0.676. The van der Waals surface area contributed by atoms with E-state index in [4.69, 9.17) is 0 Å². The minimum absolute atomic E-state index is 0.0585. The highest BCUT2D eigenvalue weighted by Crippen LogP contribution is 2.11. The first-order chi connectivity index (χ1) is 9.99. The molecule has 5 nitrogen and oxygen atoms in total. The van der Waals surface area contributed by atoms with Gasteiger partial charge >= 0.3 is 0 Å². The number of likely N-dealkylation sites (N-methyl/N-ethyl adjacent to an activating group) is 1. The SMILES string of the molecule is Cc1cc2ccccc2c(=O)n1CC(=O)NCCN(C)C. The molecule has 5 heteroatoms. The van der Waals surface area contributed by atoms with E-state index >= 15 is 0 Å². The van der Waals surface area contributed by atoms with Crippen LogP contribution in [0.3, 0.4) is 0 Å². The molecule has 0 aliphatic carbocycles. The maximum Gasteiger partial charge on any atom is 0.259 e. The van der Waals surface area contributed by atoms with Crippen molar-refractivity contribution in [3.63, 3.8) is 0 Å². The van der Waals surface area contributed by atoms with Gasteiger partial charge in [0.2, 0.25) is 5.91 Å². The number of carbonyl (C=O) groups excluding carboxylic acids is 1. The molecule has 1 aromatic heterocycles. The number of aromatic nitrogens is 1. The van der Waals surface area contributed by atoms with Crippen molar-refractivity contribution >= 4 is 16.7 Å². The maximum atomic E-state index is 12.4.